The summed E-state index contributed by atoms with van der Waals surface area (Å²) < 4.78 is 0. The highest BCUT2D eigenvalue weighted by molar-refractivity contribution is 5.97. The predicted molar refractivity (Wildman–Crippen MR) is 75.9 cm³/mol. The number of likely N-dealkylation sites (N-methyl/N-ethyl adjacent to an activating group) is 1. The Labute approximate surface area is 113 Å². The third-order valence-electron chi connectivity index (χ3n) is 3.05. The van der Waals surface area contributed by atoms with Gasteiger partial charge in [0.2, 0.25) is 5.91 Å². The molecule has 0 aromatic heterocycles. The standard InChI is InChI=1S/C14H21N3O2/c1-4-17(5-2)13(18)9-16-14(19)11-6-7-12(15)10(3)8-11/h6-8H,4-5,9,15H2,1-3H3,(H,16,19). The van der Waals surface area contributed by atoms with Crippen molar-refractivity contribution in [2.75, 3.05) is 25.4 Å². The maximum atomic E-state index is 11.9. The molecule has 19 heavy (non-hydrogen) atoms. The molecule has 1 aromatic rings. The molecule has 0 spiro atoms. The van der Waals surface area contributed by atoms with Gasteiger partial charge in [0, 0.05) is 24.3 Å². The highest BCUT2D eigenvalue weighted by atomic mass is 16.2. The number of benzene rings is 1. The summed E-state index contributed by atoms with van der Waals surface area (Å²) in [5.74, 6) is -0.339. The van der Waals surface area contributed by atoms with Gasteiger partial charge in [-0.2, -0.15) is 0 Å². The van der Waals surface area contributed by atoms with E-state index in [0.717, 1.165) is 5.56 Å². The van der Waals surface area contributed by atoms with Crippen LogP contribution in [0.2, 0.25) is 0 Å². The largest absolute Gasteiger partial charge is 0.399 e. The maximum absolute atomic E-state index is 11.9. The molecule has 0 aliphatic rings. The molecule has 0 saturated carbocycles. The highest BCUT2D eigenvalue weighted by Gasteiger charge is 2.12. The predicted octanol–water partition coefficient (Wildman–Crippen LogP) is 1.18. The molecule has 0 fully saturated rings. The molecular weight excluding hydrogens is 242 g/mol. The molecule has 3 N–H and O–H groups in total. The van der Waals surface area contributed by atoms with Crippen LogP contribution in [0.1, 0.15) is 29.8 Å². The lowest BCUT2D eigenvalue weighted by Crippen LogP contribution is -2.40. The second-order valence-electron chi connectivity index (χ2n) is 4.32. The minimum Gasteiger partial charge on any atom is -0.399 e. The first-order valence-corrected chi connectivity index (χ1v) is 6.41. The van der Waals surface area contributed by atoms with E-state index in [-0.39, 0.29) is 18.4 Å². The first-order chi connectivity index (χ1) is 8.99. The molecule has 104 valence electrons. The van der Waals surface area contributed by atoms with Gasteiger partial charge in [0.05, 0.1) is 6.54 Å². The van der Waals surface area contributed by atoms with Crippen molar-refractivity contribution in [3.63, 3.8) is 0 Å². The van der Waals surface area contributed by atoms with E-state index in [0.29, 0.717) is 24.3 Å². The second kappa shape index (κ2) is 6.78. The molecule has 0 bridgehead atoms. The third kappa shape index (κ3) is 3.98. The average Bonchev–Trinajstić information content (AvgIpc) is 2.40. The van der Waals surface area contributed by atoms with Crippen LogP contribution in [0.3, 0.4) is 0 Å². The summed E-state index contributed by atoms with van der Waals surface area (Å²) >= 11 is 0. The Morgan fingerprint density at radius 2 is 1.89 bits per heavy atom. The van der Waals surface area contributed by atoms with Gasteiger partial charge in [0.15, 0.2) is 0 Å². The van der Waals surface area contributed by atoms with Crippen molar-refractivity contribution in [2.24, 2.45) is 0 Å². The normalized spacial score (nSPS) is 10.1. The lowest BCUT2D eigenvalue weighted by molar-refractivity contribution is -0.129. The zero-order valence-electron chi connectivity index (χ0n) is 11.7. The van der Waals surface area contributed by atoms with Crippen LogP contribution < -0.4 is 11.1 Å². The van der Waals surface area contributed by atoms with Gasteiger partial charge in [0.1, 0.15) is 0 Å². The van der Waals surface area contributed by atoms with Crippen molar-refractivity contribution in [1.82, 2.24) is 10.2 Å². The lowest BCUT2D eigenvalue weighted by atomic mass is 10.1. The maximum Gasteiger partial charge on any atom is 0.251 e. The van der Waals surface area contributed by atoms with Crippen molar-refractivity contribution in [3.05, 3.63) is 29.3 Å². The van der Waals surface area contributed by atoms with Gasteiger partial charge in [-0.05, 0) is 44.5 Å². The molecule has 5 heteroatoms. The van der Waals surface area contributed by atoms with E-state index in [1.165, 1.54) is 0 Å². The van der Waals surface area contributed by atoms with Crippen molar-refractivity contribution in [2.45, 2.75) is 20.8 Å². The molecule has 0 aliphatic carbocycles. The van der Waals surface area contributed by atoms with Gasteiger partial charge in [-0.3, -0.25) is 9.59 Å². The van der Waals surface area contributed by atoms with Gasteiger partial charge in [-0.15, -0.1) is 0 Å². The number of rotatable bonds is 5. The summed E-state index contributed by atoms with van der Waals surface area (Å²) in [6, 6.07) is 5.06. The number of hydrogen-bond acceptors (Lipinski definition) is 3. The molecule has 0 radical (unpaired) electrons. The fourth-order valence-electron chi connectivity index (χ4n) is 1.76. The van der Waals surface area contributed by atoms with Crippen LogP contribution in [-0.4, -0.2) is 36.3 Å². The van der Waals surface area contributed by atoms with Crippen LogP contribution in [0, 0.1) is 6.92 Å². The molecule has 1 rings (SSSR count). The van der Waals surface area contributed by atoms with Crippen LogP contribution >= 0.6 is 0 Å². The number of nitrogens with one attached hydrogen (secondary N) is 1. The van der Waals surface area contributed by atoms with Gasteiger partial charge in [-0.25, -0.2) is 0 Å². The second-order valence-corrected chi connectivity index (χ2v) is 4.32. The van der Waals surface area contributed by atoms with E-state index >= 15 is 0 Å². The molecule has 0 saturated heterocycles. The molecular formula is C14H21N3O2. The Kier molecular flexibility index (Phi) is 5.36. The molecule has 0 heterocycles. The third-order valence-corrected chi connectivity index (χ3v) is 3.05. The van der Waals surface area contributed by atoms with E-state index in [2.05, 4.69) is 5.32 Å². The van der Waals surface area contributed by atoms with Crippen molar-refractivity contribution < 1.29 is 9.59 Å². The van der Waals surface area contributed by atoms with Crippen LogP contribution in [-0.2, 0) is 4.79 Å². The summed E-state index contributed by atoms with van der Waals surface area (Å²) in [7, 11) is 0. The number of nitrogens with two attached hydrogens (primary N) is 1. The van der Waals surface area contributed by atoms with E-state index < -0.39 is 0 Å². The SMILES string of the molecule is CCN(CC)C(=O)CNC(=O)c1ccc(N)c(C)c1. The fraction of sp³-hybridized carbons (Fsp3) is 0.429. The minimum atomic E-state index is -0.261. The quantitative estimate of drug-likeness (QED) is 0.783. The van der Waals surface area contributed by atoms with E-state index in [1.807, 2.05) is 20.8 Å². The lowest BCUT2D eigenvalue weighted by Gasteiger charge is -2.18. The van der Waals surface area contributed by atoms with Crippen LogP contribution in [0.15, 0.2) is 18.2 Å². The Balaban J connectivity index is 2.60. The smallest absolute Gasteiger partial charge is 0.251 e. The van der Waals surface area contributed by atoms with E-state index in [9.17, 15) is 9.59 Å². The molecule has 2 amide bonds. The Morgan fingerprint density at radius 3 is 2.42 bits per heavy atom. The Morgan fingerprint density at radius 1 is 1.26 bits per heavy atom. The number of amides is 2. The van der Waals surface area contributed by atoms with Crippen LogP contribution in [0.25, 0.3) is 0 Å². The number of nitrogen functional groups attached to an aromatic ring is 1. The number of anilines is 1. The first kappa shape index (κ1) is 15.0. The van der Waals surface area contributed by atoms with Gasteiger partial charge in [0.25, 0.3) is 5.91 Å². The molecule has 0 unspecified atom stereocenters. The molecule has 1 aromatic carbocycles. The van der Waals surface area contributed by atoms with Crippen LogP contribution in [0.4, 0.5) is 5.69 Å². The van der Waals surface area contributed by atoms with Gasteiger partial charge in [-0.1, -0.05) is 0 Å². The number of hydrogen-bond donors (Lipinski definition) is 2. The Hall–Kier alpha value is -2.04. The number of nitrogens with zero attached hydrogens (tertiary/aromatic N) is 1. The van der Waals surface area contributed by atoms with Crippen LogP contribution in [0.5, 0.6) is 0 Å². The summed E-state index contributed by atoms with van der Waals surface area (Å²) in [6.07, 6.45) is 0. The zero-order valence-corrected chi connectivity index (χ0v) is 11.7. The summed E-state index contributed by atoms with van der Waals surface area (Å²) in [5.41, 5.74) is 7.71. The average molecular weight is 263 g/mol. The van der Waals surface area contributed by atoms with E-state index in [1.54, 1.807) is 23.1 Å². The summed E-state index contributed by atoms with van der Waals surface area (Å²) in [6.45, 7) is 6.97. The van der Waals surface area contributed by atoms with Gasteiger partial charge >= 0.3 is 0 Å². The Bertz CT molecular complexity index is 468. The summed E-state index contributed by atoms with van der Waals surface area (Å²) in [5, 5.41) is 2.62. The number of aryl methyl sites for hydroxylation is 1. The molecule has 0 aliphatic heterocycles. The number of carbonyl (C=O) groups is 2. The van der Waals surface area contributed by atoms with Crippen molar-refractivity contribution >= 4 is 17.5 Å². The summed E-state index contributed by atoms with van der Waals surface area (Å²) in [4.78, 5) is 25.3. The first-order valence-electron chi connectivity index (χ1n) is 6.41. The monoisotopic (exact) mass is 263 g/mol. The zero-order chi connectivity index (χ0) is 14.4. The van der Waals surface area contributed by atoms with Gasteiger partial charge < -0.3 is 16.0 Å². The molecule has 0 atom stereocenters. The van der Waals surface area contributed by atoms with Crippen molar-refractivity contribution in [3.8, 4) is 0 Å². The highest BCUT2D eigenvalue weighted by Crippen LogP contribution is 2.12. The number of carbonyl (C=O) groups excluding carboxylic acids is 2. The van der Waals surface area contributed by atoms with Crippen molar-refractivity contribution in [1.29, 1.82) is 0 Å². The van der Waals surface area contributed by atoms with E-state index in [4.69, 9.17) is 5.73 Å². The minimum absolute atomic E-state index is 0.0178. The molecule has 5 nitrogen and oxygen atoms in total. The topological polar surface area (TPSA) is 75.4 Å². The fourth-order valence-corrected chi connectivity index (χ4v) is 1.76.